The number of halogens is 4. The summed E-state index contributed by atoms with van der Waals surface area (Å²) in [5.41, 5.74) is 1.88. The molecule has 0 aliphatic rings. The second kappa shape index (κ2) is 12.9. The Bertz CT molecular complexity index is 1800. The molecule has 0 radical (unpaired) electrons. The smallest absolute Gasteiger partial charge is 0.416 e. The summed E-state index contributed by atoms with van der Waals surface area (Å²) in [6.07, 6.45) is 5.59. The summed E-state index contributed by atoms with van der Waals surface area (Å²) in [4.78, 5) is 18.8. The fourth-order valence-corrected chi connectivity index (χ4v) is 6.46. The molecule has 0 saturated carbocycles. The number of methoxy groups -OCH3 is 1. The number of benzene rings is 2. The highest BCUT2D eigenvalue weighted by Gasteiger charge is 2.32. The Morgan fingerprint density at radius 2 is 1.77 bits per heavy atom. The zero-order valence-corrected chi connectivity index (χ0v) is 26.9. The van der Waals surface area contributed by atoms with Crippen LogP contribution in [0.2, 0.25) is 5.02 Å². The van der Waals surface area contributed by atoms with Gasteiger partial charge < -0.3 is 14.0 Å². The third kappa shape index (κ3) is 6.96. The number of fused-ring (bicyclic) bond motifs is 1. The predicted octanol–water partition coefficient (Wildman–Crippen LogP) is 8.85. The van der Waals surface area contributed by atoms with Crippen molar-refractivity contribution in [2.75, 3.05) is 38.2 Å². The minimum absolute atomic E-state index is 0.0256. The van der Waals surface area contributed by atoms with Crippen LogP contribution in [0.1, 0.15) is 15.9 Å². The van der Waals surface area contributed by atoms with Crippen molar-refractivity contribution in [3.05, 3.63) is 95.3 Å². The minimum Gasteiger partial charge on any atom is -0.465 e. The first kappa shape index (κ1) is 32.0. The Hall–Kier alpha value is -3.38. The number of hydrogen-bond donors (Lipinski definition) is 0. The molecule has 12 heteroatoms. The van der Waals surface area contributed by atoms with Crippen LogP contribution >= 0.6 is 33.6 Å². The van der Waals surface area contributed by atoms with Gasteiger partial charge in [0, 0.05) is 39.6 Å². The maximum absolute atomic E-state index is 13.5. The van der Waals surface area contributed by atoms with Crippen LogP contribution < -0.4 is 0 Å². The van der Waals surface area contributed by atoms with Crippen LogP contribution in [0.4, 0.5) is 13.2 Å². The number of nitrogens with zero attached hydrogens (tertiary/aromatic N) is 3. The molecule has 0 saturated heterocycles. The summed E-state index contributed by atoms with van der Waals surface area (Å²) in [7, 11) is 0.414. The van der Waals surface area contributed by atoms with E-state index in [2.05, 4.69) is 23.8 Å². The quantitative estimate of drug-likeness (QED) is 0.111. The van der Waals surface area contributed by atoms with Crippen molar-refractivity contribution >= 4 is 50.6 Å². The number of carbonyl (C=O) groups is 1. The molecule has 0 atom stereocenters. The molecule has 44 heavy (non-hydrogen) atoms. The Morgan fingerprint density at radius 1 is 1.02 bits per heavy atom. The maximum atomic E-state index is 13.5. The molecule has 6 nitrogen and oxygen atoms in total. The first-order valence-corrected chi connectivity index (χ1v) is 17.7. The topological polar surface area (TPSA) is 58.3 Å². The minimum atomic E-state index is -4.58. The van der Waals surface area contributed by atoms with Crippen molar-refractivity contribution in [3.8, 4) is 22.5 Å². The highest BCUT2D eigenvalue weighted by molar-refractivity contribution is 8.32. The van der Waals surface area contributed by atoms with Crippen molar-refractivity contribution in [1.29, 1.82) is 0 Å². The van der Waals surface area contributed by atoms with E-state index in [1.807, 2.05) is 52.6 Å². The van der Waals surface area contributed by atoms with Crippen molar-refractivity contribution in [2.45, 2.75) is 17.8 Å². The summed E-state index contributed by atoms with van der Waals surface area (Å²) in [6, 6.07) is 18.4. The van der Waals surface area contributed by atoms with Crippen LogP contribution in [0.25, 0.3) is 33.5 Å². The highest BCUT2D eigenvalue weighted by atomic mass is 35.5. The second-order valence-electron chi connectivity index (χ2n) is 10.9. The molecule has 0 aliphatic heterocycles. The number of ether oxygens (including phenoxy) is 2. The molecular formula is C32H31ClF3N3O3S2. The van der Waals surface area contributed by atoms with Crippen molar-refractivity contribution in [1.82, 2.24) is 13.5 Å². The molecule has 5 rings (SSSR count). The predicted molar refractivity (Wildman–Crippen MR) is 174 cm³/mol. The Kier molecular flexibility index (Phi) is 9.41. The SMILES string of the molecule is COC(=O)c1cc(-c2ccnc3c2ccn3Sc2ccccc2)n(COCCS(C)(C)C)c1-c1ccc(C(F)(F)F)cc1Cl. The van der Waals surface area contributed by atoms with Crippen molar-refractivity contribution < 1.29 is 27.4 Å². The van der Waals surface area contributed by atoms with Gasteiger partial charge in [0.1, 0.15) is 6.73 Å². The lowest BCUT2D eigenvalue weighted by atomic mass is 10.0. The molecule has 0 fully saturated rings. The molecule has 0 aliphatic carbocycles. The monoisotopic (exact) mass is 661 g/mol. The number of alkyl halides is 3. The normalized spacial score (nSPS) is 12.5. The van der Waals surface area contributed by atoms with E-state index in [-0.39, 0.29) is 22.9 Å². The molecule has 3 aromatic heterocycles. The van der Waals surface area contributed by atoms with E-state index in [9.17, 15) is 18.0 Å². The van der Waals surface area contributed by atoms with Gasteiger partial charge in [-0.15, -0.1) is 0 Å². The lowest BCUT2D eigenvalue weighted by Gasteiger charge is -2.25. The number of hydrogen-bond acceptors (Lipinski definition) is 5. The van der Waals surface area contributed by atoms with Crippen LogP contribution in [-0.2, 0) is 22.4 Å². The third-order valence-corrected chi connectivity index (χ3v) is 9.57. The number of aromatic nitrogens is 3. The van der Waals surface area contributed by atoms with Gasteiger partial charge in [0.15, 0.2) is 5.65 Å². The summed E-state index contributed by atoms with van der Waals surface area (Å²) < 4.78 is 55.5. The van der Waals surface area contributed by atoms with Crippen LogP contribution in [0.15, 0.2) is 84.0 Å². The standard InChI is InChI=1S/C32H31ClF3N3O3S2/c1-41-31(40)26-19-28(23-12-14-37-30-24(23)13-15-39(30)43-22-8-6-5-7-9-22)38(20-42-16-17-44(2,3)4)29(26)25-11-10-21(18-27(25)33)32(34,35)36/h5-15,18-19H,16-17,20H2,1-4H3. The summed E-state index contributed by atoms with van der Waals surface area (Å²) in [6.45, 7) is 0.484. The zero-order chi connectivity index (χ0) is 31.6. The van der Waals surface area contributed by atoms with Crippen LogP contribution in [0.5, 0.6) is 0 Å². The Labute approximate surface area is 264 Å². The zero-order valence-electron chi connectivity index (χ0n) is 24.5. The molecule has 5 aromatic rings. The number of esters is 1. The largest absolute Gasteiger partial charge is 0.465 e. The van der Waals surface area contributed by atoms with E-state index in [1.165, 1.54) is 25.1 Å². The first-order valence-electron chi connectivity index (χ1n) is 13.5. The Balaban J connectivity index is 1.68. The van der Waals surface area contributed by atoms with Gasteiger partial charge in [-0.05, 0) is 73.2 Å². The van der Waals surface area contributed by atoms with Gasteiger partial charge in [0.2, 0.25) is 0 Å². The van der Waals surface area contributed by atoms with E-state index in [0.29, 0.717) is 23.6 Å². The number of pyridine rings is 1. The third-order valence-electron chi connectivity index (χ3n) is 6.89. The van der Waals surface area contributed by atoms with Gasteiger partial charge in [-0.25, -0.2) is 19.8 Å². The van der Waals surface area contributed by atoms with Crippen LogP contribution in [0.3, 0.4) is 0 Å². The van der Waals surface area contributed by atoms with Gasteiger partial charge in [-0.2, -0.15) is 13.2 Å². The van der Waals surface area contributed by atoms with Crippen LogP contribution in [0, 0.1) is 0 Å². The van der Waals surface area contributed by atoms with Crippen molar-refractivity contribution in [3.63, 3.8) is 0 Å². The highest BCUT2D eigenvalue weighted by Crippen LogP contribution is 2.42. The number of rotatable bonds is 10. The molecule has 0 N–H and O–H groups in total. The summed E-state index contributed by atoms with van der Waals surface area (Å²) >= 11 is 8.01. The molecule has 3 heterocycles. The average Bonchev–Trinajstić information content (AvgIpc) is 3.56. The molecule has 0 spiro atoms. The van der Waals surface area contributed by atoms with Gasteiger partial charge in [-0.3, -0.25) is 3.97 Å². The average molecular weight is 662 g/mol. The molecule has 0 unspecified atom stereocenters. The van der Waals surface area contributed by atoms with E-state index in [0.717, 1.165) is 33.7 Å². The second-order valence-corrected chi connectivity index (χ2v) is 16.9. The van der Waals surface area contributed by atoms with Gasteiger partial charge in [-0.1, -0.05) is 35.9 Å². The molecule has 0 amide bonds. The summed E-state index contributed by atoms with van der Waals surface area (Å²) in [5.74, 6) is 0.195. The van der Waals surface area contributed by atoms with Gasteiger partial charge in [0.05, 0.1) is 41.3 Å². The lowest BCUT2D eigenvalue weighted by molar-refractivity contribution is -0.137. The van der Waals surface area contributed by atoms with E-state index in [1.54, 1.807) is 16.8 Å². The molecule has 232 valence electrons. The lowest BCUT2D eigenvalue weighted by Crippen LogP contribution is -2.13. The van der Waals surface area contributed by atoms with Crippen LogP contribution in [-0.4, -0.2) is 57.7 Å². The van der Waals surface area contributed by atoms with E-state index < -0.39 is 27.7 Å². The Morgan fingerprint density at radius 3 is 2.43 bits per heavy atom. The van der Waals surface area contributed by atoms with Crippen molar-refractivity contribution in [2.24, 2.45) is 0 Å². The fourth-order valence-electron chi connectivity index (χ4n) is 4.72. The molecule has 0 bridgehead atoms. The molecule has 2 aromatic carbocycles. The fraction of sp³-hybridized carbons (Fsp3) is 0.250. The van der Waals surface area contributed by atoms with E-state index in [4.69, 9.17) is 21.1 Å². The maximum Gasteiger partial charge on any atom is 0.416 e. The van der Waals surface area contributed by atoms with E-state index >= 15 is 0 Å². The summed E-state index contributed by atoms with van der Waals surface area (Å²) in [5, 5.41) is 0.663. The van der Waals surface area contributed by atoms with Gasteiger partial charge >= 0.3 is 12.1 Å². The number of carbonyl (C=O) groups excluding carboxylic acids is 1. The first-order chi connectivity index (χ1) is 20.9. The molecular weight excluding hydrogens is 631 g/mol. The van der Waals surface area contributed by atoms with Gasteiger partial charge in [0.25, 0.3) is 0 Å².